The minimum Gasteiger partial charge on any atom is -0.382 e. The molecule has 396 valence electrons. The van der Waals surface area contributed by atoms with Crippen molar-refractivity contribution >= 4 is 57.7 Å². The maximum absolute atomic E-state index is 13.6. The second kappa shape index (κ2) is 26.1. The van der Waals surface area contributed by atoms with Gasteiger partial charge in [0.2, 0.25) is 17.7 Å². The Morgan fingerprint density at radius 3 is 2.05 bits per heavy atom. The summed E-state index contributed by atoms with van der Waals surface area (Å²) in [5, 5.41) is 8.99. The molecular formula is C52H66N10O12. The van der Waals surface area contributed by atoms with E-state index < -0.39 is 29.7 Å². The Morgan fingerprint density at radius 2 is 1.42 bits per heavy atom. The summed E-state index contributed by atoms with van der Waals surface area (Å²) in [6, 6.07) is 7.92. The van der Waals surface area contributed by atoms with Gasteiger partial charge >= 0.3 is 0 Å². The molecule has 1 unspecified atom stereocenters. The number of aromatic nitrogens is 4. The number of hydrogen-bond donors (Lipinski definition) is 3. The molecule has 74 heavy (non-hydrogen) atoms. The van der Waals surface area contributed by atoms with Crippen LogP contribution in [0.15, 0.2) is 47.5 Å². The lowest BCUT2D eigenvalue weighted by Crippen LogP contribution is -2.54. The first-order valence-electron chi connectivity index (χ1n) is 25.6. The molecule has 1 saturated carbocycles. The number of anilines is 2. The molecule has 3 aromatic heterocycles. The number of hydrogen-bond acceptors (Lipinski definition) is 18. The van der Waals surface area contributed by atoms with E-state index >= 15 is 0 Å². The zero-order valence-electron chi connectivity index (χ0n) is 42.2. The molecule has 0 radical (unpaired) electrons. The number of carbonyl (C=O) groups is 6. The third kappa shape index (κ3) is 13.4. The lowest BCUT2D eigenvalue weighted by Gasteiger charge is -2.35. The number of ketones is 1. The summed E-state index contributed by atoms with van der Waals surface area (Å²) >= 11 is 0. The molecule has 0 spiro atoms. The normalized spacial score (nSPS) is 17.4. The van der Waals surface area contributed by atoms with Crippen LogP contribution in [0, 0.1) is 6.92 Å². The first-order chi connectivity index (χ1) is 36.0. The molecule has 3 N–H and O–H groups in total. The molecule has 22 heteroatoms. The molecule has 1 aliphatic carbocycles. The minimum atomic E-state index is -1.02. The largest absolute Gasteiger partial charge is 0.382 e. The van der Waals surface area contributed by atoms with Crippen LogP contribution in [0.2, 0.25) is 0 Å². The fraction of sp³-hybridized carbons (Fsp3) is 0.538. The summed E-state index contributed by atoms with van der Waals surface area (Å²) < 4.78 is 29.6. The fourth-order valence-corrected chi connectivity index (χ4v) is 9.83. The highest BCUT2D eigenvalue weighted by molar-refractivity contribution is 6.25. The molecule has 6 heterocycles. The van der Waals surface area contributed by atoms with Gasteiger partial charge in [-0.3, -0.25) is 58.2 Å². The number of rotatable bonds is 27. The van der Waals surface area contributed by atoms with E-state index in [4.69, 9.17) is 33.7 Å². The SMILES string of the molecule is CC(=O)c1c(C)c2cnc(Cc3ccc(N4CCN(CC(=O)NCCOCCOCCOCCOCCOCCNc5cccc6c5C(=O)N(C5CCC(=O)NC5=O)C6=O)CC4)cn3)nc2n(C2CCCC2)c1=O. The number of piperazine rings is 1. The quantitative estimate of drug-likeness (QED) is 0.0440. The van der Waals surface area contributed by atoms with Crippen LogP contribution in [0.5, 0.6) is 0 Å². The number of benzene rings is 1. The summed E-state index contributed by atoms with van der Waals surface area (Å²) in [5.41, 5.74) is 3.85. The third-order valence-corrected chi connectivity index (χ3v) is 13.6. The van der Waals surface area contributed by atoms with Crippen molar-refractivity contribution in [2.24, 2.45) is 0 Å². The number of aryl methyl sites for hydroxylation is 1. The van der Waals surface area contributed by atoms with Gasteiger partial charge in [0.1, 0.15) is 17.5 Å². The predicted molar refractivity (Wildman–Crippen MR) is 270 cm³/mol. The van der Waals surface area contributed by atoms with E-state index in [1.165, 1.54) is 6.92 Å². The molecule has 1 atom stereocenters. The Morgan fingerprint density at radius 1 is 0.757 bits per heavy atom. The van der Waals surface area contributed by atoms with Gasteiger partial charge in [0.05, 0.1) is 108 Å². The molecule has 1 aromatic carbocycles. The van der Waals surface area contributed by atoms with Crippen LogP contribution < -0.4 is 26.4 Å². The van der Waals surface area contributed by atoms with Crippen LogP contribution in [-0.4, -0.2) is 183 Å². The summed E-state index contributed by atoms with van der Waals surface area (Å²) in [7, 11) is 0. The predicted octanol–water partition coefficient (Wildman–Crippen LogP) is 2.24. The van der Waals surface area contributed by atoms with Crippen LogP contribution in [0.1, 0.15) is 99.6 Å². The van der Waals surface area contributed by atoms with Gasteiger partial charge in [-0.2, -0.15) is 0 Å². The summed E-state index contributed by atoms with van der Waals surface area (Å²) in [5.74, 6) is -1.93. The van der Waals surface area contributed by atoms with Crippen molar-refractivity contribution < 1.29 is 52.5 Å². The Labute approximate surface area is 428 Å². The first-order valence-corrected chi connectivity index (χ1v) is 25.6. The van der Waals surface area contributed by atoms with Crippen molar-refractivity contribution in [1.82, 2.24) is 40.0 Å². The molecule has 22 nitrogen and oxygen atoms in total. The topological polar surface area (TPSA) is 255 Å². The maximum atomic E-state index is 13.6. The third-order valence-electron chi connectivity index (χ3n) is 13.6. The molecular weight excluding hydrogens is 957 g/mol. The zero-order valence-corrected chi connectivity index (χ0v) is 42.2. The Bertz CT molecular complexity index is 2720. The Hall–Kier alpha value is -6.56. The molecule has 3 fully saturated rings. The molecule has 0 bridgehead atoms. The van der Waals surface area contributed by atoms with Crippen molar-refractivity contribution in [2.45, 2.75) is 70.9 Å². The average molecular weight is 1020 g/mol. The van der Waals surface area contributed by atoms with Crippen molar-refractivity contribution in [1.29, 1.82) is 0 Å². The number of imide groups is 2. The zero-order chi connectivity index (χ0) is 52.0. The average Bonchev–Trinajstić information content (AvgIpc) is 4.02. The highest BCUT2D eigenvalue weighted by Gasteiger charge is 2.45. The number of nitrogens with one attached hydrogen (secondary N) is 3. The lowest BCUT2D eigenvalue weighted by molar-refractivity contribution is -0.136. The number of fused-ring (bicyclic) bond motifs is 2. The van der Waals surface area contributed by atoms with Gasteiger partial charge < -0.3 is 39.2 Å². The van der Waals surface area contributed by atoms with E-state index in [2.05, 4.69) is 30.7 Å². The highest BCUT2D eigenvalue weighted by Crippen LogP contribution is 2.33. The smallest absolute Gasteiger partial charge is 0.264 e. The molecule has 8 rings (SSSR count). The van der Waals surface area contributed by atoms with E-state index in [0.717, 1.165) is 73.5 Å². The van der Waals surface area contributed by atoms with E-state index in [-0.39, 0.29) is 52.8 Å². The Balaban J connectivity index is 0.610. The van der Waals surface area contributed by atoms with Crippen LogP contribution >= 0.6 is 0 Å². The van der Waals surface area contributed by atoms with Gasteiger partial charge in [0.25, 0.3) is 17.4 Å². The van der Waals surface area contributed by atoms with Crippen molar-refractivity contribution in [3.8, 4) is 0 Å². The highest BCUT2D eigenvalue weighted by atomic mass is 16.6. The Kier molecular flexibility index (Phi) is 18.9. The van der Waals surface area contributed by atoms with Crippen LogP contribution in [0.4, 0.5) is 11.4 Å². The minimum absolute atomic E-state index is 0.0189. The number of Topliss-reactive ketones (excluding diaryl/α,β-unsaturated/α-hetero) is 1. The number of ether oxygens (including phenoxy) is 5. The summed E-state index contributed by atoms with van der Waals surface area (Å²) in [6.45, 7) is 11.1. The van der Waals surface area contributed by atoms with Crippen LogP contribution in [0.25, 0.3) is 11.0 Å². The van der Waals surface area contributed by atoms with E-state index in [0.29, 0.717) is 115 Å². The molecule has 3 aliphatic heterocycles. The van der Waals surface area contributed by atoms with Crippen molar-refractivity contribution in [3.63, 3.8) is 0 Å². The van der Waals surface area contributed by atoms with Gasteiger partial charge in [-0.15, -0.1) is 0 Å². The van der Waals surface area contributed by atoms with E-state index in [1.807, 2.05) is 18.3 Å². The fourth-order valence-electron chi connectivity index (χ4n) is 9.83. The van der Waals surface area contributed by atoms with Crippen molar-refractivity contribution in [3.05, 3.63) is 86.9 Å². The summed E-state index contributed by atoms with van der Waals surface area (Å²) in [4.78, 5) is 108. The van der Waals surface area contributed by atoms with Crippen molar-refractivity contribution in [2.75, 3.05) is 122 Å². The number of pyridine rings is 2. The lowest BCUT2D eigenvalue weighted by atomic mass is 10.0. The molecule has 4 aromatic rings. The van der Waals surface area contributed by atoms with Gasteiger partial charge in [0.15, 0.2) is 5.78 Å². The number of amides is 5. The van der Waals surface area contributed by atoms with Gasteiger partial charge in [-0.05, 0) is 62.9 Å². The maximum Gasteiger partial charge on any atom is 0.264 e. The molecule has 5 amide bonds. The van der Waals surface area contributed by atoms with E-state index in [1.54, 1.807) is 35.9 Å². The number of nitrogens with zero attached hydrogens (tertiary/aromatic N) is 7. The van der Waals surface area contributed by atoms with E-state index in [9.17, 15) is 33.6 Å². The molecule has 2 saturated heterocycles. The number of piperidine rings is 1. The standard InChI is InChI=1S/C52H66N10O12/c1-34-40-32-56-43(57-48(40)61(37-6-3-4-7-37)51(68)46(34)35(2)63)30-36-10-11-38(31-55-36)60-18-16-59(17-19-60)33-45(65)54-15-21-71-23-25-73-27-29-74-28-26-72-24-22-70-20-14-53-41-9-5-8-39-47(41)52(69)62(50(39)67)42-12-13-44(64)58-49(42)66/h5,8-11,31-32,37,42,53H,3-4,6-7,12-30,33H2,1-2H3,(H,54,65)(H,58,64,66). The summed E-state index contributed by atoms with van der Waals surface area (Å²) in [6.07, 6.45) is 8.00. The second-order valence-corrected chi connectivity index (χ2v) is 18.7. The van der Waals surface area contributed by atoms with Gasteiger partial charge in [-0.25, -0.2) is 9.97 Å². The monoisotopic (exact) mass is 1020 g/mol. The van der Waals surface area contributed by atoms with Crippen LogP contribution in [-0.2, 0) is 44.5 Å². The van der Waals surface area contributed by atoms with Gasteiger partial charge in [-0.1, -0.05) is 18.9 Å². The van der Waals surface area contributed by atoms with Crippen LogP contribution in [0.3, 0.4) is 0 Å². The molecule has 4 aliphatic rings. The first kappa shape index (κ1) is 53.7. The second-order valence-electron chi connectivity index (χ2n) is 18.7. The van der Waals surface area contributed by atoms with Gasteiger partial charge in [0, 0.05) is 74.7 Å². The number of carbonyl (C=O) groups excluding carboxylic acids is 6.